The molecule has 0 aromatic carbocycles. The number of nitrogen functional groups attached to an aromatic ring is 1. The lowest BCUT2D eigenvalue weighted by Gasteiger charge is -2.49. The highest BCUT2D eigenvalue weighted by molar-refractivity contribution is 8.06. The molecule has 36 heavy (non-hydrogen) atoms. The third-order valence-corrected chi connectivity index (χ3v) is 8.43. The monoisotopic (exact) mass is 548 g/mol. The number of β-lactam (4-membered cyclic amide) rings is 1. The molecule has 0 aliphatic carbocycles. The first-order chi connectivity index (χ1) is 17.3. The third kappa shape index (κ3) is 5.30. The van der Waals surface area contributed by atoms with E-state index in [9.17, 15) is 24.4 Å². The van der Waals surface area contributed by atoms with Crippen molar-refractivity contribution < 1.29 is 19.5 Å². The van der Waals surface area contributed by atoms with E-state index in [0.29, 0.717) is 27.3 Å². The molecule has 1 fully saturated rings. The number of carbonyl (C=O) groups excluding carboxylic acids is 2. The summed E-state index contributed by atoms with van der Waals surface area (Å²) in [4.78, 5) is 63.2. The first kappa shape index (κ1) is 25.9. The molecule has 4 heterocycles. The number of carbonyl (C=O) groups is 3. The van der Waals surface area contributed by atoms with Crippen molar-refractivity contribution in [2.24, 2.45) is 10.9 Å². The van der Waals surface area contributed by atoms with Gasteiger partial charge < -0.3 is 21.9 Å². The number of carboxylic acids is 1. The van der Waals surface area contributed by atoms with Gasteiger partial charge in [-0.3, -0.25) is 19.5 Å². The molecular weight excluding hydrogens is 528 g/mol. The van der Waals surface area contributed by atoms with Crippen LogP contribution in [0.5, 0.6) is 0 Å². The summed E-state index contributed by atoms with van der Waals surface area (Å²) in [6.07, 6.45) is 3.10. The maximum atomic E-state index is 12.9. The van der Waals surface area contributed by atoms with Gasteiger partial charge in [-0.05, 0) is 17.3 Å². The molecule has 3 unspecified atom stereocenters. The molecule has 2 aliphatic heterocycles. The predicted octanol–water partition coefficient (Wildman–Crippen LogP) is 0.800. The average Bonchev–Trinajstić information content (AvgIpc) is 2.86. The summed E-state index contributed by atoms with van der Waals surface area (Å²) in [5.41, 5.74) is 11.0. The molecule has 2 aromatic heterocycles. The van der Waals surface area contributed by atoms with Crippen LogP contribution in [0.3, 0.4) is 0 Å². The van der Waals surface area contributed by atoms with Gasteiger partial charge in [0.2, 0.25) is 6.04 Å². The lowest BCUT2D eigenvalue weighted by molar-refractivity contribution is -0.150. The lowest BCUT2D eigenvalue weighted by Crippen LogP contribution is -2.70. The van der Waals surface area contributed by atoms with Crippen LogP contribution in [-0.4, -0.2) is 72.2 Å². The molecule has 4 rings (SSSR count). The zero-order chi connectivity index (χ0) is 25.8. The van der Waals surface area contributed by atoms with Crippen LogP contribution in [0.25, 0.3) is 0 Å². The van der Waals surface area contributed by atoms with Gasteiger partial charge in [-0.1, -0.05) is 17.8 Å². The number of amides is 2. The maximum absolute atomic E-state index is 12.9. The summed E-state index contributed by atoms with van der Waals surface area (Å²) in [6.45, 7) is 0.477. The standard InChI is InChI=1S/C20H20N8O5S3/c21-4-5-34-12-6-23-7-13(25-12)36-10-8-35-19-15(18(30)28(19)16(10)20(31)32)26-17(29)14(27-33)9-2-1-3-11(22)24-9/h1-3,6-7,14-15,19H,4-5,8,21H2,(H2,22,24)(H,26,29)(H,31,32). The molecular formula is C20H20N8O5S3. The first-order valence-corrected chi connectivity index (χ1v) is 13.3. The van der Waals surface area contributed by atoms with E-state index in [0.717, 1.165) is 16.7 Å². The Bertz CT molecular complexity index is 1250. The number of thioether (sulfide) groups is 3. The molecule has 0 spiro atoms. The number of pyridine rings is 1. The summed E-state index contributed by atoms with van der Waals surface area (Å²) in [7, 11) is 0. The fraction of sp³-hybridized carbons (Fsp3) is 0.300. The van der Waals surface area contributed by atoms with Gasteiger partial charge in [0.1, 0.15) is 33.0 Å². The fourth-order valence-corrected chi connectivity index (χ4v) is 6.61. The Labute approximate surface area is 217 Å². The van der Waals surface area contributed by atoms with Crippen molar-refractivity contribution in [3.05, 3.63) is 51.8 Å². The van der Waals surface area contributed by atoms with Crippen LogP contribution >= 0.6 is 35.3 Å². The smallest absolute Gasteiger partial charge is 0.353 e. The number of nitrogens with one attached hydrogen (secondary N) is 1. The molecule has 0 radical (unpaired) electrons. The topological polar surface area (TPSA) is 207 Å². The van der Waals surface area contributed by atoms with Crippen LogP contribution in [0.4, 0.5) is 5.82 Å². The van der Waals surface area contributed by atoms with E-state index in [1.807, 2.05) is 0 Å². The number of aliphatic carboxylic acids is 1. The largest absolute Gasteiger partial charge is 0.477 e. The Hall–Kier alpha value is -3.21. The van der Waals surface area contributed by atoms with E-state index < -0.39 is 35.2 Å². The van der Waals surface area contributed by atoms with E-state index in [2.05, 4.69) is 25.4 Å². The van der Waals surface area contributed by atoms with Crippen molar-refractivity contribution in [1.82, 2.24) is 25.2 Å². The van der Waals surface area contributed by atoms with Crippen molar-refractivity contribution in [2.45, 2.75) is 27.5 Å². The number of nitroso groups, excluding NO2 is 1. The van der Waals surface area contributed by atoms with E-state index in [-0.39, 0.29) is 23.0 Å². The predicted molar refractivity (Wildman–Crippen MR) is 135 cm³/mol. The minimum Gasteiger partial charge on any atom is -0.477 e. The Morgan fingerprint density at radius 3 is 2.78 bits per heavy atom. The highest BCUT2D eigenvalue weighted by atomic mass is 32.2. The molecule has 3 atom stereocenters. The SMILES string of the molecule is NCCSc1cncc(SC2=C(C(=O)O)N3C(=O)C(NC(=O)C(N=O)c4cccc(N)n4)C3SC2)n1. The normalized spacial score (nSPS) is 19.8. The number of fused-ring (bicyclic) bond motifs is 1. The van der Waals surface area contributed by atoms with Crippen LogP contribution in [0.2, 0.25) is 0 Å². The second-order valence-electron chi connectivity index (χ2n) is 7.40. The molecule has 16 heteroatoms. The molecule has 0 bridgehead atoms. The van der Waals surface area contributed by atoms with E-state index in [1.54, 1.807) is 6.20 Å². The van der Waals surface area contributed by atoms with Crippen molar-refractivity contribution in [2.75, 3.05) is 23.8 Å². The first-order valence-electron chi connectivity index (χ1n) is 10.4. The summed E-state index contributed by atoms with van der Waals surface area (Å²) in [6, 6.07) is 1.91. The number of aromatic nitrogens is 3. The summed E-state index contributed by atoms with van der Waals surface area (Å²) in [5, 5.41) is 15.7. The molecule has 6 N–H and O–H groups in total. The zero-order valence-electron chi connectivity index (χ0n) is 18.4. The number of rotatable bonds is 10. The maximum Gasteiger partial charge on any atom is 0.353 e. The van der Waals surface area contributed by atoms with Crippen LogP contribution in [0, 0.1) is 4.91 Å². The van der Waals surface area contributed by atoms with Crippen LogP contribution in [-0.2, 0) is 14.4 Å². The fourth-order valence-electron chi connectivity index (χ4n) is 3.50. The number of hydrogen-bond acceptors (Lipinski definition) is 13. The van der Waals surface area contributed by atoms with Gasteiger partial charge in [0, 0.05) is 23.0 Å². The third-order valence-electron chi connectivity index (χ3n) is 5.05. The number of nitrogens with two attached hydrogens (primary N) is 2. The quantitative estimate of drug-likeness (QED) is 0.184. The van der Waals surface area contributed by atoms with E-state index in [1.165, 1.54) is 47.9 Å². The van der Waals surface area contributed by atoms with Crippen LogP contribution in [0.1, 0.15) is 11.7 Å². The van der Waals surface area contributed by atoms with Crippen LogP contribution in [0.15, 0.2) is 56.4 Å². The summed E-state index contributed by atoms with van der Waals surface area (Å²) in [5.74, 6) is -1.69. The van der Waals surface area contributed by atoms with E-state index >= 15 is 0 Å². The van der Waals surface area contributed by atoms with Gasteiger partial charge in [0.25, 0.3) is 11.8 Å². The molecule has 2 aromatic rings. The van der Waals surface area contributed by atoms with Crippen molar-refractivity contribution in [3.8, 4) is 0 Å². The van der Waals surface area contributed by atoms with E-state index in [4.69, 9.17) is 11.5 Å². The van der Waals surface area contributed by atoms with Crippen LogP contribution < -0.4 is 16.8 Å². The second-order valence-corrected chi connectivity index (χ2v) is 10.7. The number of hydrogen-bond donors (Lipinski definition) is 4. The van der Waals surface area contributed by atoms with Crippen molar-refractivity contribution in [1.29, 1.82) is 0 Å². The van der Waals surface area contributed by atoms with Crippen molar-refractivity contribution >= 4 is 58.9 Å². The van der Waals surface area contributed by atoms with Gasteiger partial charge >= 0.3 is 5.97 Å². The second kappa shape index (κ2) is 11.2. The summed E-state index contributed by atoms with van der Waals surface area (Å²) >= 11 is 3.83. The highest BCUT2D eigenvalue weighted by Gasteiger charge is 2.54. The highest BCUT2D eigenvalue weighted by Crippen LogP contribution is 2.45. The molecule has 2 aliphatic rings. The van der Waals surface area contributed by atoms with Gasteiger partial charge in [0.05, 0.1) is 18.1 Å². The average molecular weight is 549 g/mol. The number of carboxylic acid groups (broad SMARTS) is 1. The Kier molecular flexibility index (Phi) is 8.07. The minimum absolute atomic E-state index is 0.0419. The zero-order valence-corrected chi connectivity index (χ0v) is 20.9. The van der Waals surface area contributed by atoms with Gasteiger partial charge in [-0.15, -0.1) is 28.4 Å². The Morgan fingerprint density at radius 2 is 2.08 bits per heavy atom. The summed E-state index contributed by atoms with van der Waals surface area (Å²) < 4.78 is 0. The molecule has 2 amide bonds. The Morgan fingerprint density at radius 1 is 1.31 bits per heavy atom. The Balaban J connectivity index is 1.50. The van der Waals surface area contributed by atoms with Gasteiger partial charge in [0.15, 0.2) is 0 Å². The molecule has 0 saturated carbocycles. The van der Waals surface area contributed by atoms with Gasteiger partial charge in [-0.25, -0.2) is 14.8 Å². The minimum atomic E-state index is -1.51. The molecule has 1 saturated heterocycles. The van der Waals surface area contributed by atoms with Crippen molar-refractivity contribution in [3.63, 3.8) is 0 Å². The number of nitrogens with zero attached hydrogens (tertiary/aromatic N) is 5. The molecule has 13 nitrogen and oxygen atoms in total. The molecule has 188 valence electrons. The lowest BCUT2D eigenvalue weighted by atomic mass is 10.0. The van der Waals surface area contributed by atoms with Gasteiger partial charge in [-0.2, -0.15) is 0 Å². The number of anilines is 1.